The van der Waals surface area contributed by atoms with Crippen molar-refractivity contribution in [2.24, 2.45) is 4.99 Å². The first-order valence-corrected chi connectivity index (χ1v) is 5.25. The Morgan fingerprint density at radius 3 is 2.80 bits per heavy atom. The minimum atomic E-state index is -0.0775. The molecule has 0 amide bonds. The highest BCUT2D eigenvalue weighted by Crippen LogP contribution is 2.26. The lowest BCUT2D eigenvalue weighted by Crippen LogP contribution is -2.37. The van der Waals surface area contributed by atoms with Crippen molar-refractivity contribution in [1.29, 1.82) is 0 Å². The van der Waals surface area contributed by atoms with E-state index in [-0.39, 0.29) is 5.41 Å². The molecule has 0 atom stereocenters. The summed E-state index contributed by atoms with van der Waals surface area (Å²) in [6.45, 7) is 6.15. The standard InChI is InChI=1S/C12H17N3/c1-12(2,11-14-6-7-15-11)9-4-3-5-10(13)8-9/h3-5,8H,6-7,13H2,1-2H3,(H,14,15). The lowest BCUT2D eigenvalue weighted by molar-refractivity contribution is 0.695. The van der Waals surface area contributed by atoms with Crippen molar-refractivity contribution in [3.63, 3.8) is 0 Å². The van der Waals surface area contributed by atoms with Crippen LogP contribution in [-0.4, -0.2) is 18.9 Å². The van der Waals surface area contributed by atoms with Crippen LogP contribution in [0, 0.1) is 0 Å². The van der Waals surface area contributed by atoms with Gasteiger partial charge < -0.3 is 11.1 Å². The molecule has 2 rings (SSSR count). The predicted molar refractivity (Wildman–Crippen MR) is 64.2 cm³/mol. The Balaban J connectivity index is 2.36. The number of hydrogen-bond acceptors (Lipinski definition) is 3. The van der Waals surface area contributed by atoms with E-state index >= 15 is 0 Å². The third-order valence-corrected chi connectivity index (χ3v) is 2.87. The van der Waals surface area contributed by atoms with Crippen LogP contribution in [-0.2, 0) is 5.41 Å². The van der Waals surface area contributed by atoms with E-state index in [2.05, 4.69) is 30.2 Å². The molecule has 0 aromatic heterocycles. The number of aliphatic imine (C=N–C) groups is 1. The van der Waals surface area contributed by atoms with Crippen molar-refractivity contribution < 1.29 is 0 Å². The van der Waals surface area contributed by atoms with E-state index in [0.717, 1.165) is 24.6 Å². The zero-order chi connectivity index (χ0) is 10.9. The topological polar surface area (TPSA) is 50.4 Å². The van der Waals surface area contributed by atoms with E-state index in [4.69, 9.17) is 5.73 Å². The summed E-state index contributed by atoms with van der Waals surface area (Å²) in [7, 11) is 0. The van der Waals surface area contributed by atoms with E-state index in [1.165, 1.54) is 5.56 Å². The van der Waals surface area contributed by atoms with Crippen molar-refractivity contribution in [1.82, 2.24) is 5.32 Å². The third kappa shape index (κ3) is 1.82. The van der Waals surface area contributed by atoms with Crippen LogP contribution in [0.5, 0.6) is 0 Å². The van der Waals surface area contributed by atoms with Gasteiger partial charge in [0.05, 0.1) is 6.54 Å². The van der Waals surface area contributed by atoms with Gasteiger partial charge in [0, 0.05) is 17.6 Å². The van der Waals surface area contributed by atoms with Gasteiger partial charge in [-0.2, -0.15) is 0 Å². The number of amidine groups is 1. The molecule has 80 valence electrons. The van der Waals surface area contributed by atoms with Gasteiger partial charge in [-0.3, -0.25) is 4.99 Å². The Morgan fingerprint density at radius 1 is 1.40 bits per heavy atom. The van der Waals surface area contributed by atoms with Gasteiger partial charge in [0.1, 0.15) is 5.84 Å². The van der Waals surface area contributed by atoms with Crippen LogP contribution in [0.4, 0.5) is 5.69 Å². The Labute approximate surface area is 90.4 Å². The van der Waals surface area contributed by atoms with E-state index in [9.17, 15) is 0 Å². The normalized spacial score (nSPS) is 16.0. The van der Waals surface area contributed by atoms with Crippen LogP contribution in [0.25, 0.3) is 0 Å². The maximum atomic E-state index is 5.79. The molecule has 0 bridgehead atoms. The summed E-state index contributed by atoms with van der Waals surface area (Å²) in [6.07, 6.45) is 0. The molecule has 1 aromatic rings. The molecular formula is C12H17N3. The number of benzene rings is 1. The number of nitrogens with one attached hydrogen (secondary N) is 1. The maximum absolute atomic E-state index is 5.79. The fourth-order valence-corrected chi connectivity index (χ4v) is 1.88. The van der Waals surface area contributed by atoms with Crippen molar-refractivity contribution in [3.8, 4) is 0 Å². The van der Waals surface area contributed by atoms with Gasteiger partial charge in [0.25, 0.3) is 0 Å². The number of hydrogen-bond donors (Lipinski definition) is 2. The molecule has 0 saturated carbocycles. The second kappa shape index (κ2) is 3.57. The van der Waals surface area contributed by atoms with E-state index in [1.54, 1.807) is 0 Å². The molecule has 3 heteroatoms. The van der Waals surface area contributed by atoms with Crippen LogP contribution in [0.15, 0.2) is 29.3 Å². The molecule has 1 heterocycles. The van der Waals surface area contributed by atoms with Crippen LogP contribution in [0.1, 0.15) is 19.4 Å². The van der Waals surface area contributed by atoms with E-state index in [0.29, 0.717) is 0 Å². The Morgan fingerprint density at radius 2 is 2.20 bits per heavy atom. The Hall–Kier alpha value is -1.51. The van der Waals surface area contributed by atoms with Crippen molar-refractivity contribution in [2.45, 2.75) is 19.3 Å². The smallest absolute Gasteiger partial charge is 0.107 e. The first-order valence-electron chi connectivity index (χ1n) is 5.25. The zero-order valence-corrected chi connectivity index (χ0v) is 9.25. The number of nitrogens with two attached hydrogens (primary N) is 1. The van der Waals surface area contributed by atoms with Gasteiger partial charge in [-0.1, -0.05) is 12.1 Å². The van der Waals surface area contributed by atoms with Crippen LogP contribution < -0.4 is 11.1 Å². The van der Waals surface area contributed by atoms with Crippen LogP contribution in [0.2, 0.25) is 0 Å². The molecule has 15 heavy (non-hydrogen) atoms. The van der Waals surface area contributed by atoms with E-state index < -0.39 is 0 Å². The molecule has 3 nitrogen and oxygen atoms in total. The average molecular weight is 203 g/mol. The largest absolute Gasteiger partial charge is 0.399 e. The molecule has 0 spiro atoms. The van der Waals surface area contributed by atoms with Crippen molar-refractivity contribution in [3.05, 3.63) is 29.8 Å². The second-order valence-corrected chi connectivity index (χ2v) is 4.41. The highest BCUT2D eigenvalue weighted by atomic mass is 15.1. The SMILES string of the molecule is CC(C)(C1=NCCN1)c1cccc(N)c1. The maximum Gasteiger partial charge on any atom is 0.107 e. The molecule has 1 aromatic carbocycles. The van der Waals surface area contributed by atoms with Gasteiger partial charge in [0.15, 0.2) is 0 Å². The lowest BCUT2D eigenvalue weighted by atomic mass is 9.83. The fourth-order valence-electron chi connectivity index (χ4n) is 1.88. The number of rotatable bonds is 2. The summed E-state index contributed by atoms with van der Waals surface area (Å²) in [4.78, 5) is 4.48. The third-order valence-electron chi connectivity index (χ3n) is 2.87. The monoisotopic (exact) mass is 203 g/mol. The summed E-state index contributed by atoms with van der Waals surface area (Å²) in [5, 5.41) is 3.32. The quantitative estimate of drug-likeness (QED) is 0.716. The van der Waals surface area contributed by atoms with Gasteiger partial charge in [0.2, 0.25) is 0 Å². The summed E-state index contributed by atoms with van der Waals surface area (Å²) in [5.41, 5.74) is 7.73. The summed E-state index contributed by atoms with van der Waals surface area (Å²) in [5.74, 6) is 1.06. The first-order chi connectivity index (χ1) is 7.10. The highest BCUT2D eigenvalue weighted by Gasteiger charge is 2.28. The minimum Gasteiger partial charge on any atom is -0.399 e. The minimum absolute atomic E-state index is 0.0775. The van der Waals surface area contributed by atoms with Gasteiger partial charge in [-0.25, -0.2) is 0 Å². The molecule has 0 unspecified atom stereocenters. The molecular weight excluding hydrogens is 186 g/mol. The predicted octanol–water partition coefficient (Wildman–Crippen LogP) is 1.55. The molecule has 3 N–H and O–H groups in total. The summed E-state index contributed by atoms with van der Waals surface area (Å²) in [6, 6.07) is 8.01. The van der Waals surface area contributed by atoms with Crippen molar-refractivity contribution >= 4 is 11.5 Å². The molecule has 0 fully saturated rings. The Kier molecular flexibility index (Phi) is 2.39. The van der Waals surface area contributed by atoms with E-state index in [1.807, 2.05) is 18.2 Å². The van der Waals surface area contributed by atoms with Crippen LogP contribution in [0.3, 0.4) is 0 Å². The Bertz CT molecular complexity index is 394. The van der Waals surface area contributed by atoms with Gasteiger partial charge in [-0.15, -0.1) is 0 Å². The average Bonchev–Trinajstić information content (AvgIpc) is 2.71. The fraction of sp³-hybridized carbons (Fsp3) is 0.417. The zero-order valence-electron chi connectivity index (χ0n) is 9.25. The first kappa shape index (κ1) is 10.0. The molecule has 0 radical (unpaired) electrons. The number of anilines is 1. The number of nitrogens with zero attached hydrogens (tertiary/aromatic N) is 1. The number of nitrogen functional groups attached to an aromatic ring is 1. The molecule has 1 aliphatic rings. The lowest BCUT2D eigenvalue weighted by Gasteiger charge is -2.25. The van der Waals surface area contributed by atoms with Gasteiger partial charge in [-0.05, 0) is 31.5 Å². The van der Waals surface area contributed by atoms with Gasteiger partial charge >= 0.3 is 0 Å². The molecule has 1 aliphatic heterocycles. The second-order valence-electron chi connectivity index (χ2n) is 4.41. The summed E-state index contributed by atoms with van der Waals surface area (Å²) >= 11 is 0. The van der Waals surface area contributed by atoms with Crippen LogP contribution >= 0.6 is 0 Å². The highest BCUT2D eigenvalue weighted by molar-refractivity contribution is 5.93. The molecule has 0 aliphatic carbocycles. The summed E-state index contributed by atoms with van der Waals surface area (Å²) < 4.78 is 0. The van der Waals surface area contributed by atoms with Crippen molar-refractivity contribution in [2.75, 3.05) is 18.8 Å². The molecule has 0 saturated heterocycles.